The summed E-state index contributed by atoms with van der Waals surface area (Å²) in [5.74, 6) is 0.922. The number of likely N-dealkylation sites (tertiary alicyclic amines) is 1. The highest BCUT2D eigenvalue weighted by Gasteiger charge is 2.22. The number of pyridine rings is 1. The van der Waals surface area contributed by atoms with Crippen LogP contribution in [0.25, 0.3) is 0 Å². The van der Waals surface area contributed by atoms with E-state index in [2.05, 4.69) is 28.5 Å². The van der Waals surface area contributed by atoms with Crippen molar-refractivity contribution in [3.8, 4) is 5.75 Å². The molecule has 0 amide bonds. The van der Waals surface area contributed by atoms with E-state index in [4.69, 9.17) is 4.74 Å². The summed E-state index contributed by atoms with van der Waals surface area (Å²) in [4.78, 5) is 6.05. The Kier molecular flexibility index (Phi) is 4.91. The average Bonchev–Trinajstić information content (AvgIpc) is 2.58. The van der Waals surface area contributed by atoms with Gasteiger partial charge in [0.2, 0.25) is 0 Å². The zero-order valence-corrected chi connectivity index (χ0v) is 13.1. The average molecular weight is 298 g/mol. The fraction of sp³-hybridized carbons (Fsp3) is 0.389. The Bertz CT molecular complexity index is 580. The van der Waals surface area contributed by atoms with Gasteiger partial charge in [-0.05, 0) is 24.3 Å². The molecule has 1 aromatic carbocycles. The lowest BCUT2D eigenvalue weighted by molar-refractivity contribution is -0.918. The molecule has 2 heterocycles. The van der Waals surface area contributed by atoms with Crippen LogP contribution in [0.5, 0.6) is 5.75 Å². The van der Waals surface area contributed by atoms with Crippen LogP contribution in [-0.2, 0) is 6.54 Å². The molecule has 1 aromatic heterocycles. The number of piperidine rings is 1. The molecule has 0 saturated carbocycles. The zero-order chi connectivity index (χ0) is 15.2. The van der Waals surface area contributed by atoms with Crippen LogP contribution >= 0.6 is 0 Å². The maximum atomic E-state index is 5.41. The molecule has 0 atom stereocenters. The van der Waals surface area contributed by atoms with Crippen molar-refractivity contribution >= 4 is 5.69 Å². The Morgan fingerprint density at radius 1 is 1.14 bits per heavy atom. The Morgan fingerprint density at radius 2 is 1.91 bits per heavy atom. The minimum absolute atomic E-state index is 0.531. The summed E-state index contributed by atoms with van der Waals surface area (Å²) >= 11 is 0. The first kappa shape index (κ1) is 14.9. The summed E-state index contributed by atoms with van der Waals surface area (Å²) in [6.45, 7) is 3.40. The van der Waals surface area contributed by atoms with Gasteiger partial charge in [0, 0.05) is 25.1 Å². The number of benzene rings is 1. The van der Waals surface area contributed by atoms with E-state index < -0.39 is 0 Å². The van der Waals surface area contributed by atoms with Gasteiger partial charge >= 0.3 is 0 Å². The van der Waals surface area contributed by atoms with Crippen molar-refractivity contribution in [2.45, 2.75) is 25.4 Å². The number of nitrogens with zero attached hydrogens (tertiary/aromatic N) is 1. The number of methoxy groups -OCH3 is 1. The lowest BCUT2D eigenvalue weighted by Crippen LogP contribution is -3.12. The molecule has 0 bridgehead atoms. The van der Waals surface area contributed by atoms with Gasteiger partial charge in [0.1, 0.15) is 12.3 Å². The number of para-hydroxylation sites is 2. The zero-order valence-electron chi connectivity index (χ0n) is 13.1. The van der Waals surface area contributed by atoms with Crippen molar-refractivity contribution in [3.05, 3.63) is 54.4 Å². The Balaban J connectivity index is 1.51. The third-order valence-electron chi connectivity index (χ3n) is 4.32. The first-order valence-corrected chi connectivity index (χ1v) is 7.98. The molecular weight excluding hydrogens is 274 g/mol. The monoisotopic (exact) mass is 298 g/mol. The first-order valence-electron chi connectivity index (χ1n) is 7.98. The van der Waals surface area contributed by atoms with E-state index in [1.165, 1.54) is 31.6 Å². The first-order chi connectivity index (χ1) is 10.8. The topological polar surface area (TPSA) is 38.6 Å². The summed E-state index contributed by atoms with van der Waals surface area (Å²) in [6, 6.07) is 14.8. The molecular formula is C18H24N3O+. The highest BCUT2D eigenvalue weighted by Crippen LogP contribution is 2.24. The number of hydrogen-bond donors (Lipinski definition) is 2. The van der Waals surface area contributed by atoms with Crippen LogP contribution in [0.2, 0.25) is 0 Å². The third kappa shape index (κ3) is 3.77. The van der Waals surface area contributed by atoms with Crippen molar-refractivity contribution < 1.29 is 9.64 Å². The van der Waals surface area contributed by atoms with Gasteiger partial charge in [-0.2, -0.15) is 0 Å². The maximum absolute atomic E-state index is 5.41. The second-order valence-electron chi connectivity index (χ2n) is 5.87. The molecule has 4 heteroatoms. The Morgan fingerprint density at radius 3 is 2.64 bits per heavy atom. The van der Waals surface area contributed by atoms with E-state index in [1.807, 2.05) is 30.5 Å². The summed E-state index contributed by atoms with van der Waals surface area (Å²) in [5.41, 5.74) is 2.29. The number of hydrogen-bond acceptors (Lipinski definition) is 3. The van der Waals surface area contributed by atoms with Gasteiger partial charge < -0.3 is 15.0 Å². The minimum atomic E-state index is 0.531. The molecule has 0 aliphatic carbocycles. The second kappa shape index (κ2) is 7.27. The number of quaternary nitrogens is 1. The lowest BCUT2D eigenvalue weighted by Gasteiger charge is -2.30. The molecule has 1 aliphatic heterocycles. The van der Waals surface area contributed by atoms with Crippen molar-refractivity contribution in [2.24, 2.45) is 0 Å². The number of nitrogens with one attached hydrogen (secondary N) is 2. The van der Waals surface area contributed by atoms with Crippen LogP contribution in [0.4, 0.5) is 5.69 Å². The van der Waals surface area contributed by atoms with E-state index in [1.54, 1.807) is 12.0 Å². The Labute approximate surface area is 132 Å². The summed E-state index contributed by atoms with van der Waals surface area (Å²) < 4.78 is 5.41. The van der Waals surface area contributed by atoms with Gasteiger partial charge in [-0.3, -0.25) is 4.98 Å². The van der Waals surface area contributed by atoms with E-state index in [-0.39, 0.29) is 0 Å². The van der Waals surface area contributed by atoms with Crippen LogP contribution in [0.3, 0.4) is 0 Å². The number of aromatic nitrogens is 1. The predicted molar refractivity (Wildman–Crippen MR) is 88.3 cm³/mol. The van der Waals surface area contributed by atoms with Crippen LogP contribution in [0.1, 0.15) is 18.5 Å². The van der Waals surface area contributed by atoms with Gasteiger partial charge in [-0.15, -0.1) is 0 Å². The van der Waals surface area contributed by atoms with Crippen LogP contribution in [0.15, 0.2) is 48.7 Å². The molecule has 0 radical (unpaired) electrons. The Hall–Kier alpha value is -2.07. The molecule has 0 spiro atoms. The molecule has 4 nitrogen and oxygen atoms in total. The fourth-order valence-electron chi connectivity index (χ4n) is 3.09. The smallest absolute Gasteiger partial charge is 0.141 e. The van der Waals surface area contributed by atoms with Gasteiger partial charge in [0.15, 0.2) is 0 Å². The van der Waals surface area contributed by atoms with Gasteiger partial charge in [0.25, 0.3) is 0 Å². The van der Waals surface area contributed by atoms with E-state index in [0.717, 1.165) is 18.0 Å². The molecule has 2 N–H and O–H groups in total. The summed E-state index contributed by atoms with van der Waals surface area (Å²) in [7, 11) is 1.72. The highest BCUT2D eigenvalue weighted by molar-refractivity contribution is 5.56. The van der Waals surface area contributed by atoms with Crippen LogP contribution in [0, 0.1) is 0 Å². The summed E-state index contributed by atoms with van der Waals surface area (Å²) in [6.07, 6.45) is 4.24. The second-order valence-corrected chi connectivity index (χ2v) is 5.87. The molecule has 3 rings (SSSR count). The van der Waals surface area contributed by atoms with Crippen molar-refractivity contribution in [1.82, 2.24) is 4.98 Å². The van der Waals surface area contributed by atoms with E-state index in [9.17, 15) is 0 Å². The predicted octanol–water partition coefficient (Wildman–Crippen LogP) is 1.75. The van der Waals surface area contributed by atoms with E-state index in [0.29, 0.717) is 6.04 Å². The van der Waals surface area contributed by atoms with Gasteiger partial charge in [0.05, 0.1) is 31.6 Å². The molecule has 1 fully saturated rings. The SMILES string of the molecule is COc1ccccc1NC1CC[NH+](Cc2ccccn2)CC1. The van der Waals surface area contributed by atoms with Gasteiger partial charge in [-0.1, -0.05) is 18.2 Å². The quantitative estimate of drug-likeness (QED) is 0.883. The third-order valence-corrected chi connectivity index (χ3v) is 4.32. The van der Waals surface area contributed by atoms with Crippen molar-refractivity contribution in [2.75, 3.05) is 25.5 Å². The largest absolute Gasteiger partial charge is 0.495 e. The molecule has 0 unspecified atom stereocenters. The number of ether oxygens (including phenoxy) is 1. The summed E-state index contributed by atoms with van der Waals surface area (Å²) in [5, 5.41) is 3.63. The lowest BCUT2D eigenvalue weighted by atomic mass is 10.0. The standard InChI is InChI=1S/C18H23N3O/c1-22-18-8-3-2-7-17(18)20-15-9-12-21(13-10-15)14-16-6-4-5-11-19-16/h2-8,11,15,20H,9-10,12-14H2,1H3/p+1. The number of anilines is 1. The molecule has 116 valence electrons. The number of rotatable bonds is 5. The van der Waals surface area contributed by atoms with Crippen LogP contribution in [-0.4, -0.2) is 31.2 Å². The molecule has 22 heavy (non-hydrogen) atoms. The van der Waals surface area contributed by atoms with Crippen molar-refractivity contribution in [1.29, 1.82) is 0 Å². The molecule has 2 aromatic rings. The molecule has 1 aliphatic rings. The van der Waals surface area contributed by atoms with Crippen molar-refractivity contribution in [3.63, 3.8) is 0 Å². The fourth-order valence-corrected chi connectivity index (χ4v) is 3.09. The minimum Gasteiger partial charge on any atom is -0.495 e. The molecule has 1 saturated heterocycles. The van der Waals surface area contributed by atoms with E-state index >= 15 is 0 Å². The highest BCUT2D eigenvalue weighted by atomic mass is 16.5. The van der Waals surface area contributed by atoms with Gasteiger partial charge in [-0.25, -0.2) is 0 Å². The maximum Gasteiger partial charge on any atom is 0.141 e. The van der Waals surface area contributed by atoms with Crippen LogP contribution < -0.4 is 15.0 Å². The normalized spacial score (nSPS) is 21.3.